The minimum atomic E-state index is -0.0464. The number of rotatable bonds is 3. The smallest absolute Gasteiger partial charge is 0.254 e. The van der Waals surface area contributed by atoms with Crippen molar-refractivity contribution in [2.75, 3.05) is 5.75 Å². The molecule has 12 heavy (non-hydrogen) atoms. The van der Waals surface area contributed by atoms with Crippen molar-refractivity contribution in [1.29, 1.82) is 0 Å². The number of thioether (sulfide) groups is 1. The van der Waals surface area contributed by atoms with Crippen LogP contribution in [0.25, 0.3) is 0 Å². The SMILES string of the molecule is C=CCSC(=O)c1ccco1.S. The molecule has 1 aromatic heterocycles. The molecule has 0 aromatic carbocycles. The van der Waals surface area contributed by atoms with E-state index in [0.717, 1.165) is 0 Å². The summed E-state index contributed by atoms with van der Waals surface area (Å²) in [5.41, 5.74) is 0. The van der Waals surface area contributed by atoms with E-state index >= 15 is 0 Å². The molecule has 0 amide bonds. The largest absolute Gasteiger partial charge is 0.460 e. The van der Waals surface area contributed by atoms with Crippen LogP contribution in [0.1, 0.15) is 10.6 Å². The highest BCUT2D eigenvalue weighted by Gasteiger charge is 2.06. The van der Waals surface area contributed by atoms with Crippen LogP contribution in [0.2, 0.25) is 0 Å². The topological polar surface area (TPSA) is 30.2 Å². The van der Waals surface area contributed by atoms with Crippen molar-refractivity contribution in [3.8, 4) is 0 Å². The van der Waals surface area contributed by atoms with Gasteiger partial charge in [0.25, 0.3) is 5.12 Å². The second-order valence-corrected chi connectivity index (χ2v) is 2.86. The Hall–Kier alpha value is -0.610. The maximum absolute atomic E-state index is 11.1. The molecule has 1 rings (SSSR count). The molecule has 1 heterocycles. The van der Waals surface area contributed by atoms with Gasteiger partial charge in [0.1, 0.15) is 0 Å². The van der Waals surface area contributed by atoms with E-state index in [1.807, 2.05) is 0 Å². The minimum Gasteiger partial charge on any atom is -0.460 e. The molecule has 0 fully saturated rings. The quantitative estimate of drug-likeness (QED) is 0.705. The fraction of sp³-hybridized carbons (Fsp3) is 0.125. The molecule has 0 spiro atoms. The normalized spacial score (nSPS) is 8.67. The molecule has 0 aliphatic rings. The van der Waals surface area contributed by atoms with Crippen LogP contribution in [0.4, 0.5) is 0 Å². The Kier molecular flexibility index (Phi) is 5.66. The molecule has 0 radical (unpaired) electrons. The Morgan fingerprint density at radius 1 is 1.75 bits per heavy atom. The molecule has 0 unspecified atom stereocenters. The molecule has 0 saturated heterocycles. The number of carbonyl (C=O) groups is 1. The van der Waals surface area contributed by atoms with Gasteiger partial charge in [0.15, 0.2) is 5.76 Å². The Morgan fingerprint density at radius 3 is 3.00 bits per heavy atom. The summed E-state index contributed by atoms with van der Waals surface area (Å²) >= 11 is 1.18. The fourth-order valence-electron chi connectivity index (χ4n) is 0.600. The van der Waals surface area contributed by atoms with E-state index in [9.17, 15) is 4.79 Å². The zero-order valence-corrected chi connectivity index (χ0v) is 8.26. The van der Waals surface area contributed by atoms with Crippen LogP contribution in [0.5, 0.6) is 0 Å². The van der Waals surface area contributed by atoms with Gasteiger partial charge < -0.3 is 4.42 Å². The molecule has 0 aliphatic heterocycles. The Bertz CT molecular complexity index is 242. The van der Waals surface area contributed by atoms with Crippen molar-refractivity contribution in [2.45, 2.75) is 0 Å². The molecule has 66 valence electrons. The summed E-state index contributed by atoms with van der Waals surface area (Å²) in [4.78, 5) is 11.1. The predicted octanol–water partition coefficient (Wildman–Crippen LogP) is 2.45. The van der Waals surface area contributed by atoms with Crippen LogP contribution >= 0.6 is 25.3 Å². The average Bonchev–Trinajstić information content (AvgIpc) is 2.52. The highest BCUT2D eigenvalue weighted by atomic mass is 32.2. The van der Waals surface area contributed by atoms with Crippen molar-refractivity contribution >= 4 is 30.4 Å². The first-order valence-corrected chi connectivity index (χ1v) is 4.14. The van der Waals surface area contributed by atoms with E-state index in [4.69, 9.17) is 4.42 Å². The number of hydrogen-bond acceptors (Lipinski definition) is 3. The van der Waals surface area contributed by atoms with E-state index < -0.39 is 0 Å². The van der Waals surface area contributed by atoms with Gasteiger partial charge >= 0.3 is 0 Å². The lowest BCUT2D eigenvalue weighted by molar-refractivity contribution is 0.106. The van der Waals surface area contributed by atoms with Gasteiger partial charge in [-0.3, -0.25) is 4.79 Å². The molecule has 0 N–H and O–H groups in total. The standard InChI is InChI=1S/C8H8O2S.H2S/c1-2-6-11-8(9)7-4-3-5-10-7;/h2-5H,1,6H2;1H2. The summed E-state index contributed by atoms with van der Waals surface area (Å²) in [6.45, 7) is 3.51. The summed E-state index contributed by atoms with van der Waals surface area (Å²) in [5.74, 6) is 1.02. The van der Waals surface area contributed by atoms with Crippen LogP contribution in [0.3, 0.4) is 0 Å². The second-order valence-electron chi connectivity index (χ2n) is 1.86. The lowest BCUT2D eigenvalue weighted by atomic mass is 10.5. The van der Waals surface area contributed by atoms with E-state index in [1.165, 1.54) is 18.0 Å². The molecule has 0 atom stereocenters. The zero-order chi connectivity index (χ0) is 8.10. The number of furan rings is 1. The van der Waals surface area contributed by atoms with Crippen molar-refractivity contribution in [3.05, 3.63) is 36.8 Å². The fourth-order valence-corrected chi connectivity index (χ4v) is 1.13. The first kappa shape index (κ1) is 11.4. The maximum atomic E-state index is 11.1. The molecule has 0 bridgehead atoms. The lowest BCUT2D eigenvalue weighted by Gasteiger charge is -1.90. The van der Waals surface area contributed by atoms with Crippen LogP contribution in [-0.2, 0) is 0 Å². The molecular weight excluding hydrogens is 192 g/mol. The van der Waals surface area contributed by atoms with Gasteiger partial charge in [0, 0.05) is 5.75 Å². The van der Waals surface area contributed by atoms with Crippen molar-refractivity contribution in [1.82, 2.24) is 0 Å². The molecular formula is C8H10O2S2. The summed E-state index contributed by atoms with van der Waals surface area (Å²) in [6, 6.07) is 3.35. The van der Waals surface area contributed by atoms with E-state index in [1.54, 1.807) is 18.2 Å². The Morgan fingerprint density at radius 2 is 2.50 bits per heavy atom. The van der Waals surface area contributed by atoms with Crippen molar-refractivity contribution in [2.24, 2.45) is 0 Å². The van der Waals surface area contributed by atoms with Gasteiger partial charge in [-0.05, 0) is 12.1 Å². The summed E-state index contributed by atoms with van der Waals surface area (Å²) in [6.07, 6.45) is 3.17. The van der Waals surface area contributed by atoms with Gasteiger partial charge in [0.2, 0.25) is 0 Å². The highest BCUT2D eigenvalue weighted by Crippen LogP contribution is 2.12. The minimum absolute atomic E-state index is 0. The maximum Gasteiger partial charge on any atom is 0.254 e. The van der Waals surface area contributed by atoms with Crippen molar-refractivity contribution in [3.63, 3.8) is 0 Å². The van der Waals surface area contributed by atoms with Crippen LogP contribution in [0.15, 0.2) is 35.5 Å². The second kappa shape index (κ2) is 5.97. The van der Waals surface area contributed by atoms with Gasteiger partial charge in [-0.2, -0.15) is 13.5 Å². The zero-order valence-electron chi connectivity index (χ0n) is 6.45. The van der Waals surface area contributed by atoms with Crippen LogP contribution in [0, 0.1) is 0 Å². The highest BCUT2D eigenvalue weighted by molar-refractivity contribution is 8.14. The third kappa shape index (κ3) is 3.19. The monoisotopic (exact) mass is 202 g/mol. The first-order chi connectivity index (χ1) is 5.34. The average molecular weight is 202 g/mol. The molecule has 1 aromatic rings. The van der Waals surface area contributed by atoms with Gasteiger partial charge in [0.05, 0.1) is 6.26 Å². The summed E-state index contributed by atoms with van der Waals surface area (Å²) in [5, 5.41) is -0.0464. The molecule has 0 aliphatic carbocycles. The Balaban J connectivity index is 0.00000121. The van der Waals surface area contributed by atoms with Gasteiger partial charge in [-0.1, -0.05) is 17.8 Å². The lowest BCUT2D eigenvalue weighted by Crippen LogP contribution is -1.90. The van der Waals surface area contributed by atoms with E-state index in [2.05, 4.69) is 6.58 Å². The summed E-state index contributed by atoms with van der Waals surface area (Å²) in [7, 11) is 0. The third-order valence-corrected chi connectivity index (χ3v) is 1.92. The molecule has 0 saturated carbocycles. The molecule has 2 nitrogen and oxygen atoms in total. The predicted molar refractivity (Wildman–Crippen MR) is 56.1 cm³/mol. The van der Waals surface area contributed by atoms with Gasteiger partial charge in [-0.25, -0.2) is 0 Å². The summed E-state index contributed by atoms with van der Waals surface area (Å²) < 4.78 is 4.89. The van der Waals surface area contributed by atoms with E-state index in [0.29, 0.717) is 11.5 Å². The van der Waals surface area contributed by atoms with Crippen LogP contribution < -0.4 is 0 Å². The molecule has 4 heteroatoms. The van der Waals surface area contributed by atoms with Crippen LogP contribution in [-0.4, -0.2) is 10.9 Å². The van der Waals surface area contributed by atoms with Gasteiger partial charge in [-0.15, -0.1) is 6.58 Å². The number of carbonyl (C=O) groups excluding carboxylic acids is 1. The third-order valence-electron chi connectivity index (χ3n) is 1.05. The van der Waals surface area contributed by atoms with Crippen molar-refractivity contribution < 1.29 is 9.21 Å². The Labute approximate surface area is 82.5 Å². The first-order valence-electron chi connectivity index (χ1n) is 3.16. The number of hydrogen-bond donors (Lipinski definition) is 0. The van der Waals surface area contributed by atoms with E-state index in [-0.39, 0.29) is 18.6 Å².